The summed E-state index contributed by atoms with van der Waals surface area (Å²) >= 11 is 1.49. The Bertz CT molecular complexity index is 610. The fourth-order valence-electron chi connectivity index (χ4n) is 3.36. The first-order valence-electron chi connectivity index (χ1n) is 7.16. The van der Waals surface area contributed by atoms with E-state index >= 15 is 0 Å². The Hall–Kier alpha value is -1.40. The van der Waals surface area contributed by atoms with Gasteiger partial charge in [0, 0.05) is 23.8 Å². The molecule has 2 fully saturated rings. The minimum atomic E-state index is -0.835. The smallest absolute Gasteiger partial charge is 0.329 e. The largest absolute Gasteiger partial charge is 0.378 e. The van der Waals surface area contributed by atoms with Crippen LogP contribution >= 0.6 is 11.3 Å². The number of nitrogens with zero attached hydrogens (tertiary/aromatic N) is 1. The lowest BCUT2D eigenvalue weighted by atomic mass is 9.54. The summed E-state index contributed by atoms with van der Waals surface area (Å²) in [7, 11) is 0. The molecular formula is C15H20N2O3S. The van der Waals surface area contributed by atoms with E-state index < -0.39 is 11.0 Å². The number of hydrogen-bond acceptors (Lipinski definition) is 4. The number of carbonyl (C=O) groups is 2. The number of nitrogens with one attached hydrogen (secondary N) is 1. The third kappa shape index (κ3) is 1.72. The summed E-state index contributed by atoms with van der Waals surface area (Å²) in [6.07, 6.45) is 0.535. The highest BCUT2D eigenvalue weighted by Crippen LogP contribution is 2.54. The molecule has 1 spiro atoms. The van der Waals surface area contributed by atoms with Crippen LogP contribution in [-0.2, 0) is 9.53 Å². The van der Waals surface area contributed by atoms with E-state index in [0.29, 0.717) is 18.7 Å². The number of thiophene rings is 1. The maximum absolute atomic E-state index is 12.9. The van der Waals surface area contributed by atoms with Crippen molar-refractivity contribution in [2.75, 3.05) is 11.5 Å². The van der Waals surface area contributed by atoms with E-state index in [2.05, 4.69) is 5.32 Å². The second-order valence-electron chi connectivity index (χ2n) is 6.29. The molecule has 2 heterocycles. The maximum Gasteiger partial charge on any atom is 0.329 e. The topological polar surface area (TPSA) is 58.6 Å². The summed E-state index contributed by atoms with van der Waals surface area (Å²) in [6, 6.07) is -0.329. The van der Waals surface area contributed by atoms with Crippen molar-refractivity contribution in [3.8, 4) is 0 Å². The van der Waals surface area contributed by atoms with Gasteiger partial charge in [-0.1, -0.05) is 13.8 Å². The number of anilines is 1. The van der Waals surface area contributed by atoms with E-state index in [1.165, 1.54) is 16.2 Å². The summed E-state index contributed by atoms with van der Waals surface area (Å²) in [6.45, 7) is 8.43. The lowest BCUT2D eigenvalue weighted by Crippen LogP contribution is -2.73. The Labute approximate surface area is 128 Å². The molecule has 2 unspecified atom stereocenters. The van der Waals surface area contributed by atoms with Crippen LogP contribution in [0.5, 0.6) is 0 Å². The van der Waals surface area contributed by atoms with Gasteiger partial charge in [-0.3, -0.25) is 4.79 Å². The molecule has 2 aliphatic rings. The number of amides is 3. The SMILES string of the molecule is CCOC1CC2(NC(=O)N(c3cscc3C)C2=O)C1(C)C. The highest BCUT2D eigenvalue weighted by Gasteiger charge is 2.70. The van der Waals surface area contributed by atoms with Gasteiger partial charge in [0.1, 0.15) is 5.54 Å². The van der Waals surface area contributed by atoms with Crippen LogP contribution in [0.4, 0.5) is 10.5 Å². The Morgan fingerprint density at radius 3 is 2.67 bits per heavy atom. The van der Waals surface area contributed by atoms with Crippen LogP contribution < -0.4 is 10.2 Å². The summed E-state index contributed by atoms with van der Waals surface area (Å²) in [5.41, 5.74) is 0.390. The van der Waals surface area contributed by atoms with Gasteiger partial charge in [-0.05, 0) is 24.8 Å². The molecule has 2 atom stereocenters. The molecule has 21 heavy (non-hydrogen) atoms. The van der Waals surface area contributed by atoms with Crippen molar-refractivity contribution in [3.05, 3.63) is 16.3 Å². The molecule has 3 rings (SSSR count). The molecule has 1 aliphatic carbocycles. The number of ether oxygens (including phenoxy) is 1. The van der Waals surface area contributed by atoms with Gasteiger partial charge in [0.05, 0.1) is 11.8 Å². The van der Waals surface area contributed by atoms with Gasteiger partial charge in [-0.15, -0.1) is 11.3 Å². The molecule has 0 aromatic carbocycles. The monoisotopic (exact) mass is 308 g/mol. The zero-order chi connectivity index (χ0) is 15.4. The van der Waals surface area contributed by atoms with Crippen molar-refractivity contribution in [2.45, 2.75) is 45.8 Å². The van der Waals surface area contributed by atoms with Crippen molar-refractivity contribution >= 4 is 29.0 Å². The third-order valence-electron chi connectivity index (χ3n) is 4.93. The summed E-state index contributed by atoms with van der Waals surface area (Å²) in [4.78, 5) is 26.6. The molecule has 3 amide bonds. The molecule has 0 bridgehead atoms. The summed E-state index contributed by atoms with van der Waals surface area (Å²) in [5, 5.41) is 6.71. The molecular weight excluding hydrogens is 288 g/mol. The van der Waals surface area contributed by atoms with Gasteiger partial charge in [0.25, 0.3) is 5.91 Å². The van der Waals surface area contributed by atoms with Crippen LogP contribution in [0.15, 0.2) is 10.8 Å². The van der Waals surface area contributed by atoms with Crippen LogP contribution in [0, 0.1) is 12.3 Å². The highest BCUT2D eigenvalue weighted by atomic mass is 32.1. The lowest BCUT2D eigenvalue weighted by molar-refractivity contribution is -0.169. The molecule has 0 radical (unpaired) electrons. The van der Waals surface area contributed by atoms with Crippen LogP contribution in [0.25, 0.3) is 0 Å². The normalized spacial score (nSPS) is 30.7. The Morgan fingerprint density at radius 1 is 1.43 bits per heavy atom. The van der Waals surface area contributed by atoms with E-state index in [0.717, 1.165) is 5.56 Å². The predicted octanol–water partition coefficient (Wildman–Crippen LogP) is 2.69. The first-order chi connectivity index (χ1) is 9.85. The number of rotatable bonds is 3. The van der Waals surface area contributed by atoms with E-state index in [-0.39, 0.29) is 18.0 Å². The molecule has 6 heteroatoms. The second-order valence-corrected chi connectivity index (χ2v) is 7.03. The lowest BCUT2D eigenvalue weighted by Gasteiger charge is -2.57. The fraction of sp³-hybridized carbons (Fsp3) is 0.600. The van der Waals surface area contributed by atoms with Crippen molar-refractivity contribution in [1.29, 1.82) is 0 Å². The zero-order valence-corrected chi connectivity index (χ0v) is 13.5. The van der Waals surface area contributed by atoms with Gasteiger partial charge in [0.15, 0.2) is 0 Å². The molecule has 1 aliphatic heterocycles. The Balaban J connectivity index is 1.94. The first kappa shape index (κ1) is 14.5. The average molecular weight is 308 g/mol. The minimum Gasteiger partial charge on any atom is -0.378 e. The van der Waals surface area contributed by atoms with Gasteiger partial charge in [-0.2, -0.15) is 0 Å². The van der Waals surface area contributed by atoms with Crippen molar-refractivity contribution in [1.82, 2.24) is 5.32 Å². The summed E-state index contributed by atoms with van der Waals surface area (Å²) < 4.78 is 5.69. The number of imide groups is 1. The molecule has 1 saturated heterocycles. The maximum atomic E-state index is 12.9. The predicted molar refractivity (Wildman–Crippen MR) is 81.6 cm³/mol. The van der Waals surface area contributed by atoms with Crippen LogP contribution in [0.3, 0.4) is 0 Å². The highest BCUT2D eigenvalue weighted by molar-refractivity contribution is 7.08. The first-order valence-corrected chi connectivity index (χ1v) is 8.10. The Kier molecular flexibility index (Phi) is 3.15. The van der Waals surface area contributed by atoms with Crippen molar-refractivity contribution in [2.24, 2.45) is 5.41 Å². The van der Waals surface area contributed by atoms with E-state index in [1.54, 1.807) is 0 Å². The van der Waals surface area contributed by atoms with Crippen LogP contribution in [0.2, 0.25) is 0 Å². The second kappa shape index (κ2) is 4.55. The van der Waals surface area contributed by atoms with Crippen molar-refractivity contribution < 1.29 is 14.3 Å². The Morgan fingerprint density at radius 2 is 2.14 bits per heavy atom. The molecule has 1 aromatic heterocycles. The quantitative estimate of drug-likeness (QED) is 0.873. The van der Waals surface area contributed by atoms with Gasteiger partial charge < -0.3 is 10.1 Å². The molecule has 1 saturated carbocycles. The molecule has 5 nitrogen and oxygen atoms in total. The van der Waals surface area contributed by atoms with Gasteiger partial charge >= 0.3 is 6.03 Å². The molecule has 114 valence electrons. The summed E-state index contributed by atoms with van der Waals surface area (Å²) in [5.74, 6) is -0.157. The number of hydrogen-bond donors (Lipinski definition) is 1. The molecule has 1 aromatic rings. The number of carbonyl (C=O) groups excluding carboxylic acids is 2. The number of aryl methyl sites for hydroxylation is 1. The van der Waals surface area contributed by atoms with Crippen molar-refractivity contribution in [3.63, 3.8) is 0 Å². The fourth-order valence-corrected chi connectivity index (χ4v) is 4.17. The molecule has 1 N–H and O–H groups in total. The van der Waals surface area contributed by atoms with E-state index in [9.17, 15) is 9.59 Å². The number of urea groups is 1. The van der Waals surface area contributed by atoms with E-state index in [4.69, 9.17) is 4.74 Å². The van der Waals surface area contributed by atoms with Crippen LogP contribution in [-0.4, -0.2) is 30.2 Å². The van der Waals surface area contributed by atoms with Gasteiger partial charge in [-0.25, -0.2) is 9.69 Å². The van der Waals surface area contributed by atoms with Gasteiger partial charge in [0.2, 0.25) is 0 Å². The average Bonchev–Trinajstić information content (AvgIpc) is 2.93. The minimum absolute atomic E-state index is 0.00438. The zero-order valence-electron chi connectivity index (χ0n) is 12.7. The van der Waals surface area contributed by atoms with Crippen LogP contribution in [0.1, 0.15) is 32.8 Å². The standard InChI is InChI=1S/C15H20N2O3S/c1-5-20-11-6-15(14(11,3)4)12(18)17(13(19)16-15)10-8-21-7-9(10)2/h7-8,11H,5-6H2,1-4H3,(H,16,19). The van der Waals surface area contributed by atoms with E-state index in [1.807, 2.05) is 38.5 Å². The third-order valence-corrected chi connectivity index (χ3v) is 5.77.